The summed E-state index contributed by atoms with van der Waals surface area (Å²) in [5.41, 5.74) is 10.2. The summed E-state index contributed by atoms with van der Waals surface area (Å²) >= 11 is 0. The van der Waals surface area contributed by atoms with Crippen LogP contribution in [-0.2, 0) is 31.6 Å². The van der Waals surface area contributed by atoms with Crippen molar-refractivity contribution >= 4 is 40.4 Å². The largest absolute Gasteiger partial charge is 0.489 e. The number of nitrogen functional groups attached to an aromatic ring is 1. The van der Waals surface area contributed by atoms with E-state index in [1.165, 1.54) is 0 Å². The molecule has 2 aromatic rings. The number of anilines is 1. The van der Waals surface area contributed by atoms with E-state index in [9.17, 15) is 43.4 Å². The van der Waals surface area contributed by atoms with Crippen LogP contribution in [0.3, 0.4) is 0 Å². The Bertz CT molecular complexity index is 1370. The fourth-order valence-electron chi connectivity index (χ4n) is 3.94. The predicted octanol–water partition coefficient (Wildman–Crippen LogP) is -0.439. The van der Waals surface area contributed by atoms with Crippen LogP contribution in [0.4, 0.5) is 5.82 Å². The summed E-state index contributed by atoms with van der Waals surface area (Å²) in [5, 5.41) is 22.8. The fraction of sp³-hybridized carbons (Fsp3) is 0.722. The van der Waals surface area contributed by atoms with Crippen LogP contribution in [0.15, 0.2) is 11.1 Å². The first-order chi connectivity index (χ1) is 19.1. The Hall–Kier alpha value is -1.60. The zero-order valence-electron chi connectivity index (χ0n) is 21.6. The average Bonchev–Trinajstić information content (AvgIpc) is 3.39. The number of phosphoric ester groups is 1. The summed E-state index contributed by atoms with van der Waals surface area (Å²) in [4.78, 5) is 51.0. The van der Waals surface area contributed by atoms with Gasteiger partial charge in [-0.1, -0.05) is 25.7 Å². The van der Waals surface area contributed by atoms with Crippen LogP contribution < -0.4 is 22.2 Å². The minimum Gasteiger partial charge on any atom is -0.387 e. The second kappa shape index (κ2) is 14.2. The normalized spacial score (nSPS) is 25.6. The highest BCUT2D eigenvalue weighted by atomic mass is 31.3. The van der Waals surface area contributed by atoms with Gasteiger partial charge in [-0.3, -0.25) is 14.1 Å². The van der Waals surface area contributed by atoms with Gasteiger partial charge >= 0.3 is 29.1 Å². The zero-order valence-corrected chi connectivity index (χ0v) is 24.3. The van der Waals surface area contributed by atoms with Crippen LogP contribution >= 0.6 is 23.4 Å². The predicted molar refractivity (Wildman–Crippen MR) is 141 cm³/mol. The van der Waals surface area contributed by atoms with Gasteiger partial charge in [0.1, 0.15) is 29.6 Å². The summed E-state index contributed by atoms with van der Waals surface area (Å²) in [6, 6.07) is 0. The molecule has 0 aliphatic carbocycles. The van der Waals surface area contributed by atoms with Crippen molar-refractivity contribution in [2.45, 2.75) is 63.1 Å². The Morgan fingerprint density at radius 1 is 1.02 bits per heavy atom. The van der Waals surface area contributed by atoms with Crippen LogP contribution in [-0.4, -0.2) is 82.4 Å². The molecule has 2 aromatic heterocycles. The van der Waals surface area contributed by atoms with Crippen molar-refractivity contribution in [3.63, 3.8) is 0 Å². The van der Waals surface area contributed by atoms with Gasteiger partial charge in [0.25, 0.3) is 0 Å². The minimum atomic E-state index is -5.63. The number of nitrogens with two attached hydrogens (primary N) is 2. The molecule has 0 bridgehead atoms. The maximum atomic E-state index is 12.2. The molecule has 0 saturated carbocycles. The third-order valence-electron chi connectivity index (χ3n) is 5.85. The molecular formula is C18H34N7O13P3. The average molecular weight is 649 g/mol. The lowest BCUT2D eigenvalue weighted by Crippen LogP contribution is -2.33. The third-order valence-corrected chi connectivity index (χ3v) is 10.3. The summed E-state index contributed by atoms with van der Waals surface area (Å²) in [6.45, 7) is -0.420. The molecule has 234 valence electrons. The Balaban J connectivity index is 1.51. The molecule has 0 aromatic carbocycles. The highest BCUT2D eigenvalue weighted by Crippen LogP contribution is 2.66. The van der Waals surface area contributed by atoms with Gasteiger partial charge < -0.3 is 41.1 Å². The molecule has 23 heteroatoms. The molecule has 1 aliphatic heterocycles. The lowest BCUT2D eigenvalue weighted by Gasteiger charge is -2.20. The number of nitrogens with one attached hydrogen (secondary N) is 2. The fourth-order valence-corrected chi connectivity index (χ4v) is 7.68. The maximum Gasteiger partial charge on any atom is 0.489 e. The second-order valence-corrected chi connectivity index (χ2v) is 13.9. The lowest BCUT2D eigenvalue weighted by atomic mass is 10.1. The first-order valence-corrected chi connectivity index (χ1v) is 17.0. The van der Waals surface area contributed by atoms with Gasteiger partial charge in [0.15, 0.2) is 11.9 Å². The molecule has 7 atom stereocenters. The van der Waals surface area contributed by atoms with E-state index in [0.717, 1.165) is 36.6 Å². The van der Waals surface area contributed by atoms with E-state index < -0.39 is 60.2 Å². The third kappa shape index (κ3) is 9.71. The summed E-state index contributed by atoms with van der Waals surface area (Å²) in [6.07, 6.45) is -0.383. The van der Waals surface area contributed by atoms with Gasteiger partial charge in [0.2, 0.25) is 0 Å². The SMILES string of the molecule is NCCCCCCCCNP(=O)(O)OP(=O)(O)OP(=O)(O)OC[C@H]1O[C@@H](n2cnc3c(N)[nH]c(=O)nc32)[C@H](O)[C@@H]1O. The number of phosphoric acid groups is 2. The summed E-state index contributed by atoms with van der Waals surface area (Å²) < 4.78 is 55.8. The molecule has 0 spiro atoms. The van der Waals surface area contributed by atoms with Crippen LogP contribution in [0, 0.1) is 0 Å². The van der Waals surface area contributed by atoms with Crippen molar-refractivity contribution in [1.82, 2.24) is 24.6 Å². The van der Waals surface area contributed by atoms with E-state index in [-0.39, 0.29) is 23.5 Å². The number of ether oxygens (including phenoxy) is 1. The number of unbranched alkanes of at least 4 members (excludes halogenated alkanes) is 5. The Morgan fingerprint density at radius 3 is 2.37 bits per heavy atom. The quantitative estimate of drug-likeness (QED) is 0.0774. The number of hydrogen-bond acceptors (Lipinski definition) is 14. The monoisotopic (exact) mass is 649 g/mol. The number of nitrogens with zero attached hydrogens (tertiary/aromatic N) is 3. The summed E-state index contributed by atoms with van der Waals surface area (Å²) in [7, 11) is -16.0. The molecule has 41 heavy (non-hydrogen) atoms. The number of aromatic amines is 1. The Labute approximate surface area is 232 Å². The first-order valence-electron chi connectivity index (χ1n) is 12.4. The van der Waals surface area contributed by atoms with Crippen LogP contribution in [0.25, 0.3) is 11.2 Å². The van der Waals surface area contributed by atoms with Crippen molar-refractivity contribution < 1.29 is 56.5 Å². The molecule has 1 aliphatic rings. The molecule has 3 rings (SSSR count). The molecule has 0 amide bonds. The van der Waals surface area contributed by atoms with Gasteiger partial charge in [-0.05, 0) is 19.4 Å². The van der Waals surface area contributed by atoms with Crippen molar-refractivity contribution in [3.8, 4) is 0 Å². The number of fused-ring (bicyclic) bond motifs is 1. The smallest absolute Gasteiger partial charge is 0.387 e. The van der Waals surface area contributed by atoms with Gasteiger partial charge in [0, 0.05) is 6.54 Å². The number of aliphatic hydroxyl groups is 2. The van der Waals surface area contributed by atoms with E-state index >= 15 is 0 Å². The number of hydrogen-bond donors (Lipinski definition) is 9. The van der Waals surface area contributed by atoms with E-state index in [1.54, 1.807) is 0 Å². The van der Waals surface area contributed by atoms with Gasteiger partial charge in [-0.15, -0.1) is 0 Å². The molecule has 1 saturated heterocycles. The molecule has 11 N–H and O–H groups in total. The Morgan fingerprint density at radius 2 is 1.68 bits per heavy atom. The zero-order chi connectivity index (χ0) is 30.4. The molecule has 3 unspecified atom stereocenters. The number of imidazole rings is 1. The van der Waals surface area contributed by atoms with Gasteiger partial charge in [-0.25, -0.2) is 28.6 Å². The van der Waals surface area contributed by atoms with Crippen LogP contribution in [0.5, 0.6) is 0 Å². The molecule has 1 fully saturated rings. The van der Waals surface area contributed by atoms with Crippen molar-refractivity contribution in [2.24, 2.45) is 5.73 Å². The van der Waals surface area contributed by atoms with Crippen molar-refractivity contribution in [2.75, 3.05) is 25.4 Å². The molecule has 0 radical (unpaired) electrons. The first kappa shape index (κ1) is 33.9. The minimum absolute atomic E-state index is 0.0545. The summed E-state index contributed by atoms with van der Waals surface area (Å²) in [5.74, 6) is -0.114. The van der Waals surface area contributed by atoms with E-state index in [0.29, 0.717) is 19.4 Å². The highest BCUT2D eigenvalue weighted by molar-refractivity contribution is 7.67. The topological polar surface area (TPSA) is 317 Å². The molecule has 3 heterocycles. The number of H-pyrrole nitrogens is 1. The van der Waals surface area contributed by atoms with E-state index in [1.807, 2.05) is 5.09 Å². The number of aromatic nitrogens is 4. The van der Waals surface area contributed by atoms with Gasteiger partial charge in [-0.2, -0.15) is 13.6 Å². The van der Waals surface area contributed by atoms with Crippen molar-refractivity contribution in [3.05, 3.63) is 16.8 Å². The number of aliphatic hydroxyl groups excluding tert-OH is 2. The van der Waals surface area contributed by atoms with E-state index in [2.05, 4.69) is 28.1 Å². The van der Waals surface area contributed by atoms with Crippen LogP contribution in [0.2, 0.25) is 0 Å². The number of rotatable bonds is 17. The Kier molecular flexibility index (Phi) is 11.8. The molecular weight excluding hydrogens is 615 g/mol. The van der Waals surface area contributed by atoms with E-state index in [4.69, 9.17) is 16.2 Å². The molecule has 20 nitrogen and oxygen atoms in total. The van der Waals surface area contributed by atoms with Gasteiger partial charge in [0.05, 0.1) is 12.9 Å². The maximum absolute atomic E-state index is 12.2. The standard InChI is InChI=1S/C18H34N7O13P3/c19-7-5-3-1-2-4-6-8-22-39(29,30)37-41(33,34)38-40(31,32)35-9-11-13(26)14(27)17(36-11)25-10-21-12-15(20)23-18(28)24-16(12)25/h10-11,13-14,17,26-27H,1-9,19H2,(H,31,32)(H,33,34)(H2,22,29,30)(H3,20,23,24,28)/t11-,13-,14-,17-/m1/s1. The van der Waals surface area contributed by atoms with Crippen LogP contribution in [0.1, 0.15) is 44.8 Å². The van der Waals surface area contributed by atoms with Crippen molar-refractivity contribution in [1.29, 1.82) is 0 Å². The highest BCUT2D eigenvalue weighted by Gasteiger charge is 2.47. The second-order valence-electron chi connectivity index (χ2n) is 9.06. The lowest BCUT2D eigenvalue weighted by molar-refractivity contribution is -0.0503.